The molecule has 2 saturated heterocycles. The molecule has 0 saturated carbocycles. The number of likely N-dealkylation sites (tertiary alicyclic amines) is 1. The smallest absolute Gasteiger partial charge is 0.311 e. The van der Waals surface area contributed by atoms with Crippen molar-refractivity contribution in [1.29, 1.82) is 0 Å². The molecule has 1 aromatic rings. The molecule has 2 amide bonds. The maximum Gasteiger partial charge on any atom is 0.311 e. The number of aliphatic hydroxyl groups excluding tert-OH is 1. The number of hydrogen-bond acceptors (Lipinski definition) is 6. The maximum atomic E-state index is 14.5. The van der Waals surface area contributed by atoms with Gasteiger partial charge in [-0.2, -0.15) is 0 Å². The Labute approximate surface area is 222 Å². The number of ether oxygens (including phenoxy) is 1. The van der Waals surface area contributed by atoms with E-state index >= 15 is 0 Å². The van der Waals surface area contributed by atoms with E-state index in [0.717, 1.165) is 29.7 Å². The Balaban J connectivity index is 1.65. The SMILES string of the molecule is Cc1cccc(C)c1N1CC=C[C@]23S[C@]4(C)/C=C\CCCOC(=O)[C@@H]4[C@H]2C(=O)N(CCCCO)C3C1=O. The number of unbranched alkanes of at least 4 members (excludes halogenated alkanes) is 1. The molecule has 5 rings (SSSR count). The average molecular weight is 525 g/mol. The summed E-state index contributed by atoms with van der Waals surface area (Å²) in [7, 11) is 0. The van der Waals surface area contributed by atoms with Crippen molar-refractivity contribution in [3.05, 3.63) is 53.6 Å². The van der Waals surface area contributed by atoms with Gasteiger partial charge in [0.15, 0.2) is 0 Å². The lowest BCUT2D eigenvalue weighted by molar-refractivity contribution is -0.154. The number of rotatable bonds is 5. The van der Waals surface area contributed by atoms with E-state index in [9.17, 15) is 19.5 Å². The Morgan fingerprint density at radius 3 is 2.54 bits per heavy atom. The van der Waals surface area contributed by atoms with Crippen molar-refractivity contribution in [2.75, 3.05) is 31.2 Å². The van der Waals surface area contributed by atoms with Crippen LogP contribution in [0.25, 0.3) is 0 Å². The van der Waals surface area contributed by atoms with Gasteiger partial charge in [0, 0.05) is 30.1 Å². The molecule has 4 aliphatic rings. The summed E-state index contributed by atoms with van der Waals surface area (Å²) < 4.78 is 4.11. The number of fused-ring (bicyclic) bond motifs is 2. The van der Waals surface area contributed by atoms with Gasteiger partial charge in [-0.25, -0.2) is 0 Å². The van der Waals surface area contributed by atoms with E-state index < -0.39 is 27.4 Å². The molecule has 4 aliphatic heterocycles. The minimum Gasteiger partial charge on any atom is -0.465 e. The van der Waals surface area contributed by atoms with Crippen LogP contribution >= 0.6 is 11.8 Å². The van der Waals surface area contributed by atoms with Gasteiger partial charge in [-0.15, -0.1) is 11.8 Å². The Hall–Kier alpha value is -2.58. The number of anilines is 1. The van der Waals surface area contributed by atoms with Crippen molar-refractivity contribution in [2.45, 2.75) is 62.0 Å². The summed E-state index contributed by atoms with van der Waals surface area (Å²) in [5, 5.41) is 9.39. The highest BCUT2D eigenvalue weighted by molar-refractivity contribution is 8.02. The van der Waals surface area contributed by atoms with Crippen LogP contribution in [0.5, 0.6) is 0 Å². The molecule has 1 spiro atoms. The molecule has 1 N–H and O–H groups in total. The van der Waals surface area contributed by atoms with Gasteiger partial charge in [-0.3, -0.25) is 14.4 Å². The minimum atomic E-state index is -0.888. The number of para-hydroxylation sites is 1. The highest BCUT2D eigenvalue weighted by atomic mass is 32.2. The molecule has 0 aromatic heterocycles. The summed E-state index contributed by atoms with van der Waals surface area (Å²) >= 11 is 1.57. The van der Waals surface area contributed by atoms with Crippen LogP contribution in [0.4, 0.5) is 5.69 Å². The van der Waals surface area contributed by atoms with Gasteiger partial charge in [-0.1, -0.05) is 42.5 Å². The fraction of sp³-hybridized carbons (Fsp3) is 0.552. The van der Waals surface area contributed by atoms with Crippen LogP contribution in [0, 0.1) is 25.7 Å². The van der Waals surface area contributed by atoms with Crippen LogP contribution in [0.15, 0.2) is 42.5 Å². The number of benzene rings is 1. The van der Waals surface area contributed by atoms with Crippen LogP contribution in [-0.4, -0.2) is 69.6 Å². The third kappa shape index (κ3) is 4.13. The van der Waals surface area contributed by atoms with Crippen molar-refractivity contribution in [2.24, 2.45) is 11.8 Å². The summed E-state index contributed by atoms with van der Waals surface area (Å²) in [6.07, 6.45) is 10.9. The van der Waals surface area contributed by atoms with Gasteiger partial charge in [0.05, 0.1) is 23.2 Å². The first-order valence-corrected chi connectivity index (χ1v) is 14.1. The molecule has 0 aliphatic carbocycles. The lowest BCUT2D eigenvalue weighted by Gasteiger charge is -2.37. The fourth-order valence-electron chi connectivity index (χ4n) is 6.70. The molecule has 4 heterocycles. The largest absolute Gasteiger partial charge is 0.465 e. The van der Waals surface area contributed by atoms with Gasteiger partial charge in [0.2, 0.25) is 5.91 Å². The number of hydrogen-bond donors (Lipinski definition) is 1. The third-order valence-electron chi connectivity index (χ3n) is 8.27. The lowest BCUT2D eigenvalue weighted by atomic mass is 9.74. The summed E-state index contributed by atoms with van der Waals surface area (Å²) in [6, 6.07) is 5.23. The zero-order chi connectivity index (χ0) is 26.4. The molecule has 2 fully saturated rings. The second-order valence-electron chi connectivity index (χ2n) is 10.8. The number of allylic oxidation sites excluding steroid dienone is 1. The second kappa shape index (κ2) is 9.95. The normalized spacial score (nSPS) is 34.2. The van der Waals surface area contributed by atoms with Crippen molar-refractivity contribution in [1.82, 2.24) is 4.90 Å². The topological polar surface area (TPSA) is 87.2 Å². The van der Waals surface area contributed by atoms with E-state index in [2.05, 4.69) is 12.2 Å². The van der Waals surface area contributed by atoms with Crippen molar-refractivity contribution < 1.29 is 24.2 Å². The van der Waals surface area contributed by atoms with Crippen LogP contribution in [0.1, 0.15) is 43.7 Å². The molecule has 0 bridgehead atoms. The van der Waals surface area contributed by atoms with Crippen molar-refractivity contribution in [3.8, 4) is 0 Å². The van der Waals surface area contributed by atoms with Gasteiger partial charge in [0.25, 0.3) is 5.91 Å². The van der Waals surface area contributed by atoms with E-state index in [1.54, 1.807) is 21.6 Å². The van der Waals surface area contributed by atoms with Crippen molar-refractivity contribution in [3.63, 3.8) is 0 Å². The Kier molecular flexibility index (Phi) is 7.00. The summed E-state index contributed by atoms with van der Waals surface area (Å²) in [5.74, 6) is -2.04. The van der Waals surface area contributed by atoms with Gasteiger partial charge in [-0.05, 0) is 57.6 Å². The number of esters is 1. The predicted molar refractivity (Wildman–Crippen MR) is 144 cm³/mol. The number of aryl methyl sites for hydroxylation is 2. The molecule has 8 heteroatoms. The third-order valence-corrected chi connectivity index (χ3v) is 10.1. The molecule has 198 valence electrons. The molecule has 7 nitrogen and oxygen atoms in total. The summed E-state index contributed by atoms with van der Waals surface area (Å²) in [5.41, 5.74) is 2.87. The summed E-state index contributed by atoms with van der Waals surface area (Å²) in [6.45, 7) is 7.11. The van der Waals surface area contributed by atoms with Crippen LogP contribution in [0.3, 0.4) is 0 Å². The monoisotopic (exact) mass is 524 g/mol. The van der Waals surface area contributed by atoms with Gasteiger partial charge in [0.1, 0.15) is 6.04 Å². The Morgan fingerprint density at radius 2 is 1.81 bits per heavy atom. The maximum absolute atomic E-state index is 14.5. The van der Waals surface area contributed by atoms with E-state index in [-0.39, 0.29) is 24.4 Å². The van der Waals surface area contributed by atoms with Gasteiger partial charge >= 0.3 is 5.97 Å². The highest BCUT2D eigenvalue weighted by Gasteiger charge is 2.73. The standard InChI is InChI=1S/C29H36N2O5S/c1-19-11-9-12-20(2)23(19)30-16-10-14-29-21(25(33)31(15-6-7-17-32)24(29)26(30)34)22-27(35)36-18-8-4-5-13-28(22,3)37-29/h5,9-14,21-22,24,32H,4,6-8,15-18H2,1-3H3/b13-5-/t21-,22-,24?,28+,29-/m0/s1. The molecule has 1 unspecified atom stereocenters. The Morgan fingerprint density at radius 1 is 1.05 bits per heavy atom. The number of aliphatic hydroxyl groups is 1. The molecular weight excluding hydrogens is 488 g/mol. The number of amides is 2. The number of carbonyl (C=O) groups excluding carboxylic acids is 3. The first kappa shape index (κ1) is 26.0. The first-order chi connectivity index (χ1) is 17.7. The number of cyclic esters (lactones) is 1. The second-order valence-corrected chi connectivity index (χ2v) is 12.6. The lowest BCUT2D eigenvalue weighted by Crippen LogP contribution is -2.53. The number of carbonyl (C=O) groups is 3. The Bertz CT molecular complexity index is 1140. The van der Waals surface area contributed by atoms with Crippen LogP contribution in [0.2, 0.25) is 0 Å². The quantitative estimate of drug-likeness (QED) is 0.360. The predicted octanol–water partition coefficient (Wildman–Crippen LogP) is 3.56. The van der Waals surface area contributed by atoms with Crippen molar-refractivity contribution >= 4 is 35.2 Å². The molecular formula is C29H36N2O5S. The minimum absolute atomic E-state index is 0.0240. The summed E-state index contributed by atoms with van der Waals surface area (Å²) in [4.78, 5) is 45.7. The number of nitrogens with zero attached hydrogens (tertiary/aromatic N) is 2. The van der Waals surface area contributed by atoms with E-state index in [4.69, 9.17) is 4.74 Å². The molecule has 5 atom stereocenters. The first-order valence-electron chi connectivity index (χ1n) is 13.3. The fourth-order valence-corrected chi connectivity index (χ4v) is 8.85. The molecule has 0 radical (unpaired) electrons. The van der Waals surface area contributed by atoms with Crippen LogP contribution in [-0.2, 0) is 19.1 Å². The van der Waals surface area contributed by atoms with E-state index in [1.165, 1.54) is 0 Å². The molecule has 37 heavy (non-hydrogen) atoms. The number of thioether (sulfide) groups is 1. The van der Waals surface area contributed by atoms with Gasteiger partial charge < -0.3 is 19.6 Å². The van der Waals surface area contributed by atoms with E-state index in [1.807, 2.05) is 51.1 Å². The zero-order valence-corrected chi connectivity index (χ0v) is 22.6. The molecule has 1 aromatic carbocycles. The van der Waals surface area contributed by atoms with E-state index in [0.29, 0.717) is 32.5 Å². The average Bonchev–Trinajstić information content (AvgIpc) is 3.20. The highest BCUT2D eigenvalue weighted by Crippen LogP contribution is 2.65. The van der Waals surface area contributed by atoms with Crippen LogP contribution < -0.4 is 4.90 Å². The zero-order valence-electron chi connectivity index (χ0n) is 21.8.